The lowest BCUT2D eigenvalue weighted by molar-refractivity contribution is -0.156. The van der Waals surface area contributed by atoms with Crippen LogP contribution in [0.15, 0.2) is 37.5 Å². The van der Waals surface area contributed by atoms with Crippen LogP contribution in [0.3, 0.4) is 0 Å². The maximum Gasteiger partial charge on any atom is 0.333 e. The van der Waals surface area contributed by atoms with E-state index in [1.54, 1.807) is 6.08 Å². The minimum atomic E-state index is -0.682. The molecule has 0 N–H and O–H groups in total. The summed E-state index contributed by atoms with van der Waals surface area (Å²) in [6, 6.07) is 0. The van der Waals surface area contributed by atoms with Gasteiger partial charge < -0.3 is 14.2 Å². The maximum absolute atomic E-state index is 11.3. The minimum absolute atomic E-state index is 0.0962. The molecule has 0 aliphatic carbocycles. The number of ether oxygens (including phenoxy) is 3. The highest BCUT2D eigenvalue weighted by molar-refractivity contribution is 5.87. The second kappa shape index (κ2) is 9.18. The summed E-state index contributed by atoms with van der Waals surface area (Å²) in [5.74, 6) is -1.15. The molecule has 0 bridgehead atoms. The first-order valence-corrected chi connectivity index (χ1v) is 5.35. The molecule has 1 atom stereocenters. The van der Waals surface area contributed by atoms with Crippen LogP contribution < -0.4 is 0 Å². The van der Waals surface area contributed by atoms with Crippen molar-refractivity contribution >= 4 is 11.9 Å². The van der Waals surface area contributed by atoms with E-state index in [4.69, 9.17) is 14.2 Å². The number of hydrogen-bond acceptors (Lipinski definition) is 5. The van der Waals surface area contributed by atoms with E-state index in [0.29, 0.717) is 6.61 Å². The van der Waals surface area contributed by atoms with Gasteiger partial charge in [0.25, 0.3) is 0 Å². The van der Waals surface area contributed by atoms with Crippen molar-refractivity contribution in [2.75, 3.05) is 19.8 Å². The molecule has 18 heavy (non-hydrogen) atoms. The van der Waals surface area contributed by atoms with Crippen molar-refractivity contribution in [3.05, 3.63) is 37.5 Å². The zero-order valence-electron chi connectivity index (χ0n) is 10.5. The van der Waals surface area contributed by atoms with Crippen molar-refractivity contribution in [2.45, 2.75) is 13.0 Å². The van der Waals surface area contributed by atoms with Crippen LogP contribution in [-0.4, -0.2) is 37.9 Å². The third kappa shape index (κ3) is 7.40. The Morgan fingerprint density at radius 1 is 1.28 bits per heavy atom. The van der Waals surface area contributed by atoms with Crippen LogP contribution in [0, 0.1) is 0 Å². The molecule has 5 nitrogen and oxygen atoms in total. The van der Waals surface area contributed by atoms with Crippen LogP contribution in [0.1, 0.15) is 6.92 Å². The molecule has 100 valence electrons. The SMILES string of the molecule is C=CCOCC(COC(=O)C=C)OC(=O)C(=C)C. The third-order valence-corrected chi connectivity index (χ3v) is 1.74. The van der Waals surface area contributed by atoms with Crippen LogP contribution in [0.25, 0.3) is 0 Å². The predicted molar refractivity (Wildman–Crippen MR) is 66.9 cm³/mol. The summed E-state index contributed by atoms with van der Waals surface area (Å²) in [5.41, 5.74) is 0.263. The normalized spacial score (nSPS) is 11.2. The van der Waals surface area contributed by atoms with Crippen molar-refractivity contribution in [2.24, 2.45) is 0 Å². The molecule has 0 heterocycles. The minimum Gasteiger partial charge on any atom is -0.458 e. The van der Waals surface area contributed by atoms with E-state index in [-0.39, 0.29) is 18.8 Å². The summed E-state index contributed by atoms with van der Waals surface area (Å²) in [4.78, 5) is 22.3. The number of carbonyl (C=O) groups is 2. The fourth-order valence-corrected chi connectivity index (χ4v) is 0.885. The molecule has 0 saturated carbocycles. The monoisotopic (exact) mass is 254 g/mol. The van der Waals surface area contributed by atoms with Crippen molar-refractivity contribution in [1.82, 2.24) is 0 Å². The highest BCUT2D eigenvalue weighted by atomic mass is 16.6. The van der Waals surface area contributed by atoms with E-state index in [1.165, 1.54) is 6.92 Å². The lowest BCUT2D eigenvalue weighted by atomic mass is 10.3. The molecule has 0 saturated heterocycles. The van der Waals surface area contributed by atoms with Crippen LogP contribution in [0.2, 0.25) is 0 Å². The van der Waals surface area contributed by atoms with Crippen LogP contribution in [-0.2, 0) is 23.8 Å². The predicted octanol–water partition coefficient (Wildman–Crippen LogP) is 1.41. The van der Waals surface area contributed by atoms with Gasteiger partial charge in [0, 0.05) is 11.6 Å². The average molecular weight is 254 g/mol. The molecule has 1 unspecified atom stereocenters. The van der Waals surface area contributed by atoms with Gasteiger partial charge in [-0.1, -0.05) is 19.2 Å². The maximum atomic E-state index is 11.3. The van der Waals surface area contributed by atoms with E-state index < -0.39 is 18.0 Å². The highest BCUT2D eigenvalue weighted by Gasteiger charge is 2.17. The zero-order chi connectivity index (χ0) is 14.0. The topological polar surface area (TPSA) is 61.8 Å². The number of carbonyl (C=O) groups excluding carboxylic acids is 2. The summed E-state index contributed by atoms with van der Waals surface area (Å²) in [6.07, 6.45) is 1.91. The Hall–Kier alpha value is -1.88. The summed E-state index contributed by atoms with van der Waals surface area (Å²) >= 11 is 0. The van der Waals surface area contributed by atoms with Crippen LogP contribution in [0.4, 0.5) is 0 Å². The summed E-state index contributed by atoms with van der Waals surface area (Å²) < 4.78 is 15.0. The summed E-state index contributed by atoms with van der Waals surface area (Å²) in [7, 11) is 0. The Morgan fingerprint density at radius 3 is 2.44 bits per heavy atom. The fraction of sp³-hybridized carbons (Fsp3) is 0.385. The summed E-state index contributed by atoms with van der Waals surface area (Å²) in [6.45, 7) is 12.1. The quantitative estimate of drug-likeness (QED) is 0.269. The van der Waals surface area contributed by atoms with Gasteiger partial charge in [-0.15, -0.1) is 6.58 Å². The first-order valence-electron chi connectivity index (χ1n) is 5.35. The smallest absolute Gasteiger partial charge is 0.333 e. The first kappa shape index (κ1) is 16.1. The van der Waals surface area contributed by atoms with Gasteiger partial charge in [0.2, 0.25) is 0 Å². The van der Waals surface area contributed by atoms with Gasteiger partial charge in [-0.3, -0.25) is 0 Å². The van der Waals surface area contributed by atoms with Gasteiger partial charge in [0.15, 0.2) is 6.10 Å². The Balaban J connectivity index is 4.26. The molecule has 0 aromatic carbocycles. The van der Waals surface area contributed by atoms with E-state index in [0.717, 1.165) is 6.08 Å². The molecule has 0 aliphatic heterocycles. The number of hydrogen-bond donors (Lipinski definition) is 0. The second-order valence-corrected chi connectivity index (χ2v) is 3.47. The largest absolute Gasteiger partial charge is 0.458 e. The third-order valence-electron chi connectivity index (χ3n) is 1.74. The molecular formula is C13H18O5. The Labute approximate surface area is 107 Å². The van der Waals surface area contributed by atoms with Gasteiger partial charge in [-0.25, -0.2) is 9.59 Å². The van der Waals surface area contributed by atoms with E-state index >= 15 is 0 Å². The molecule has 0 radical (unpaired) electrons. The molecular weight excluding hydrogens is 236 g/mol. The Kier molecular flexibility index (Phi) is 8.22. The number of esters is 2. The lowest BCUT2D eigenvalue weighted by Gasteiger charge is -2.17. The fourth-order valence-electron chi connectivity index (χ4n) is 0.885. The van der Waals surface area contributed by atoms with Crippen LogP contribution >= 0.6 is 0 Å². The Bertz CT molecular complexity index is 332. The van der Waals surface area contributed by atoms with E-state index in [2.05, 4.69) is 19.7 Å². The molecule has 0 amide bonds. The van der Waals surface area contributed by atoms with Gasteiger partial charge in [0.05, 0.1) is 13.2 Å². The number of rotatable bonds is 9. The molecule has 0 aromatic heterocycles. The molecule has 5 heteroatoms. The standard InChI is InChI=1S/C13H18O5/c1-5-7-16-8-11(9-17-12(14)6-2)18-13(15)10(3)4/h5-6,11H,1-3,7-9H2,4H3. The first-order chi connectivity index (χ1) is 8.51. The average Bonchev–Trinajstić information content (AvgIpc) is 2.35. The lowest BCUT2D eigenvalue weighted by Crippen LogP contribution is -2.29. The van der Waals surface area contributed by atoms with Gasteiger partial charge in [0.1, 0.15) is 6.61 Å². The molecule has 0 aromatic rings. The van der Waals surface area contributed by atoms with Crippen molar-refractivity contribution in [3.63, 3.8) is 0 Å². The van der Waals surface area contributed by atoms with Crippen LogP contribution in [0.5, 0.6) is 0 Å². The Morgan fingerprint density at radius 2 is 1.94 bits per heavy atom. The van der Waals surface area contributed by atoms with Crippen molar-refractivity contribution in [3.8, 4) is 0 Å². The van der Waals surface area contributed by atoms with E-state index in [1.807, 2.05) is 0 Å². The van der Waals surface area contributed by atoms with Gasteiger partial charge >= 0.3 is 11.9 Å². The molecule has 0 aliphatic rings. The zero-order valence-corrected chi connectivity index (χ0v) is 10.5. The highest BCUT2D eigenvalue weighted by Crippen LogP contribution is 2.01. The summed E-state index contributed by atoms with van der Waals surface area (Å²) in [5, 5.41) is 0. The van der Waals surface area contributed by atoms with Crippen molar-refractivity contribution < 1.29 is 23.8 Å². The van der Waals surface area contributed by atoms with E-state index in [9.17, 15) is 9.59 Å². The second-order valence-electron chi connectivity index (χ2n) is 3.47. The molecule has 0 fully saturated rings. The molecule has 0 spiro atoms. The van der Waals surface area contributed by atoms with Gasteiger partial charge in [-0.2, -0.15) is 0 Å². The van der Waals surface area contributed by atoms with Crippen molar-refractivity contribution in [1.29, 1.82) is 0 Å². The molecule has 0 rings (SSSR count). The van der Waals surface area contributed by atoms with Gasteiger partial charge in [-0.05, 0) is 6.92 Å².